The fourth-order valence-electron chi connectivity index (χ4n) is 3.08. The van der Waals surface area contributed by atoms with Crippen molar-refractivity contribution in [3.63, 3.8) is 0 Å². The Morgan fingerprint density at radius 3 is 3.00 bits per heavy atom. The minimum atomic E-state index is -0.0772. The van der Waals surface area contributed by atoms with Crippen molar-refractivity contribution in [3.05, 3.63) is 41.7 Å². The third-order valence-electron chi connectivity index (χ3n) is 4.35. The van der Waals surface area contributed by atoms with Gasteiger partial charge in [-0.1, -0.05) is 25.5 Å². The van der Waals surface area contributed by atoms with Gasteiger partial charge in [-0.3, -0.25) is 0 Å². The first-order valence-corrected chi connectivity index (χ1v) is 8.96. The predicted octanol–water partition coefficient (Wildman–Crippen LogP) is 3.39. The van der Waals surface area contributed by atoms with Crippen LogP contribution < -0.4 is 5.32 Å². The van der Waals surface area contributed by atoms with E-state index in [2.05, 4.69) is 36.4 Å². The van der Waals surface area contributed by atoms with Crippen molar-refractivity contribution in [2.75, 3.05) is 31.6 Å². The SMILES string of the molecule is CCCc1c(NC(=O)N2CCCOCC2)cnn1-c1cccc(C)c1. The lowest BCUT2D eigenvalue weighted by Gasteiger charge is -2.20. The second-order valence-corrected chi connectivity index (χ2v) is 6.39. The molecule has 1 aliphatic heterocycles. The van der Waals surface area contributed by atoms with Gasteiger partial charge < -0.3 is 15.0 Å². The summed E-state index contributed by atoms with van der Waals surface area (Å²) in [6.45, 7) is 6.86. The molecule has 1 fully saturated rings. The molecule has 0 radical (unpaired) electrons. The molecule has 0 spiro atoms. The molecule has 0 aliphatic carbocycles. The number of benzene rings is 1. The molecule has 6 heteroatoms. The van der Waals surface area contributed by atoms with Crippen LogP contribution in [0.2, 0.25) is 0 Å². The third kappa shape index (κ3) is 4.20. The maximum Gasteiger partial charge on any atom is 0.322 e. The molecule has 25 heavy (non-hydrogen) atoms. The molecular weight excluding hydrogens is 316 g/mol. The molecule has 0 atom stereocenters. The van der Waals surface area contributed by atoms with Gasteiger partial charge >= 0.3 is 6.03 Å². The summed E-state index contributed by atoms with van der Waals surface area (Å²) in [5.41, 5.74) is 4.03. The van der Waals surface area contributed by atoms with Gasteiger partial charge in [-0.05, 0) is 37.5 Å². The number of aryl methyl sites for hydroxylation is 1. The molecule has 1 aromatic heterocycles. The molecule has 2 amide bonds. The number of ether oxygens (including phenoxy) is 1. The number of hydrogen-bond acceptors (Lipinski definition) is 3. The molecule has 2 aromatic rings. The van der Waals surface area contributed by atoms with Crippen molar-refractivity contribution in [1.29, 1.82) is 0 Å². The van der Waals surface area contributed by atoms with Crippen molar-refractivity contribution in [3.8, 4) is 5.69 Å². The molecular formula is C19H26N4O2. The van der Waals surface area contributed by atoms with Crippen LogP contribution in [0.3, 0.4) is 0 Å². The van der Waals surface area contributed by atoms with Crippen LogP contribution in [0.25, 0.3) is 5.69 Å². The summed E-state index contributed by atoms with van der Waals surface area (Å²) in [6.07, 6.45) is 4.46. The van der Waals surface area contributed by atoms with Crippen LogP contribution in [-0.4, -0.2) is 47.0 Å². The first-order valence-electron chi connectivity index (χ1n) is 8.96. The molecule has 0 saturated carbocycles. The van der Waals surface area contributed by atoms with Crippen LogP contribution in [0.5, 0.6) is 0 Å². The Labute approximate surface area is 148 Å². The molecule has 6 nitrogen and oxygen atoms in total. The molecule has 0 unspecified atom stereocenters. The first-order chi connectivity index (χ1) is 12.2. The molecule has 1 aromatic carbocycles. The smallest absolute Gasteiger partial charge is 0.322 e. The van der Waals surface area contributed by atoms with E-state index in [-0.39, 0.29) is 6.03 Å². The average molecular weight is 342 g/mol. The zero-order valence-corrected chi connectivity index (χ0v) is 15.0. The number of aromatic nitrogens is 2. The lowest BCUT2D eigenvalue weighted by molar-refractivity contribution is 0.144. The average Bonchev–Trinajstić information content (AvgIpc) is 2.82. The molecule has 1 saturated heterocycles. The van der Waals surface area contributed by atoms with Crippen LogP contribution in [0.15, 0.2) is 30.5 Å². The van der Waals surface area contributed by atoms with Gasteiger partial charge in [0.05, 0.1) is 29.9 Å². The highest BCUT2D eigenvalue weighted by Crippen LogP contribution is 2.22. The molecule has 2 heterocycles. The van der Waals surface area contributed by atoms with Gasteiger partial charge in [-0.2, -0.15) is 5.10 Å². The van der Waals surface area contributed by atoms with Crippen molar-refractivity contribution in [2.24, 2.45) is 0 Å². The molecule has 0 bridgehead atoms. The van der Waals surface area contributed by atoms with E-state index in [4.69, 9.17) is 4.74 Å². The summed E-state index contributed by atoms with van der Waals surface area (Å²) in [5.74, 6) is 0. The highest BCUT2D eigenvalue weighted by atomic mass is 16.5. The minimum Gasteiger partial charge on any atom is -0.380 e. The van der Waals surface area contributed by atoms with Crippen LogP contribution >= 0.6 is 0 Å². The Balaban J connectivity index is 1.82. The zero-order valence-electron chi connectivity index (χ0n) is 15.0. The van der Waals surface area contributed by atoms with Crippen LogP contribution in [0.1, 0.15) is 31.0 Å². The van der Waals surface area contributed by atoms with E-state index in [1.165, 1.54) is 5.56 Å². The van der Waals surface area contributed by atoms with Crippen molar-refractivity contribution >= 4 is 11.7 Å². The fourth-order valence-corrected chi connectivity index (χ4v) is 3.08. The summed E-state index contributed by atoms with van der Waals surface area (Å²) in [6, 6.07) is 8.15. The van der Waals surface area contributed by atoms with E-state index in [1.807, 2.05) is 21.7 Å². The third-order valence-corrected chi connectivity index (χ3v) is 4.35. The lowest BCUT2D eigenvalue weighted by atomic mass is 10.2. The largest absolute Gasteiger partial charge is 0.380 e. The van der Waals surface area contributed by atoms with E-state index in [1.54, 1.807) is 6.20 Å². The highest BCUT2D eigenvalue weighted by molar-refractivity contribution is 5.90. The van der Waals surface area contributed by atoms with E-state index < -0.39 is 0 Å². The maximum atomic E-state index is 12.6. The van der Waals surface area contributed by atoms with Gasteiger partial charge in [0.15, 0.2) is 0 Å². The topological polar surface area (TPSA) is 59.4 Å². The second-order valence-electron chi connectivity index (χ2n) is 6.39. The standard InChI is InChI=1S/C19H26N4O2/c1-3-6-18-17(21-19(24)22-9-5-11-25-12-10-22)14-20-23(18)16-8-4-7-15(2)13-16/h4,7-8,13-14H,3,5-6,9-12H2,1-2H3,(H,21,24). The number of nitrogens with zero attached hydrogens (tertiary/aromatic N) is 3. The zero-order chi connectivity index (χ0) is 17.6. The van der Waals surface area contributed by atoms with Crippen molar-refractivity contribution in [2.45, 2.75) is 33.1 Å². The summed E-state index contributed by atoms with van der Waals surface area (Å²) in [7, 11) is 0. The van der Waals surface area contributed by atoms with E-state index in [0.29, 0.717) is 13.2 Å². The molecule has 134 valence electrons. The number of anilines is 1. The van der Waals surface area contributed by atoms with E-state index in [9.17, 15) is 4.79 Å². The minimum absolute atomic E-state index is 0.0772. The highest BCUT2D eigenvalue weighted by Gasteiger charge is 2.19. The first kappa shape index (κ1) is 17.5. The van der Waals surface area contributed by atoms with Gasteiger partial charge in [0.2, 0.25) is 0 Å². The van der Waals surface area contributed by atoms with Gasteiger partial charge in [0.25, 0.3) is 0 Å². The number of urea groups is 1. The molecule has 3 rings (SSSR count). The molecule has 1 N–H and O–H groups in total. The Hall–Kier alpha value is -2.34. The van der Waals surface area contributed by atoms with Gasteiger partial charge in [-0.15, -0.1) is 0 Å². The number of carbonyl (C=O) groups excluding carboxylic acids is 1. The van der Waals surface area contributed by atoms with Gasteiger partial charge in [0, 0.05) is 19.7 Å². The number of amides is 2. The summed E-state index contributed by atoms with van der Waals surface area (Å²) < 4.78 is 7.35. The lowest BCUT2D eigenvalue weighted by Crippen LogP contribution is -2.36. The van der Waals surface area contributed by atoms with Gasteiger partial charge in [-0.25, -0.2) is 9.48 Å². The number of rotatable bonds is 4. The van der Waals surface area contributed by atoms with E-state index >= 15 is 0 Å². The quantitative estimate of drug-likeness (QED) is 0.926. The Kier molecular flexibility index (Phi) is 5.71. The maximum absolute atomic E-state index is 12.6. The Morgan fingerprint density at radius 2 is 2.20 bits per heavy atom. The number of carbonyl (C=O) groups is 1. The number of hydrogen-bond donors (Lipinski definition) is 1. The van der Waals surface area contributed by atoms with Crippen LogP contribution in [-0.2, 0) is 11.2 Å². The van der Waals surface area contributed by atoms with Gasteiger partial charge in [0.1, 0.15) is 0 Å². The summed E-state index contributed by atoms with van der Waals surface area (Å²) in [5, 5.41) is 7.57. The van der Waals surface area contributed by atoms with Crippen LogP contribution in [0.4, 0.5) is 10.5 Å². The number of nitrogens with one attached hydrogen (secondary N) is 1. The second kappa shape index (κ2) is 8.16. The van der Waals surface area contributed by atoms with Crippen LogP contribution in [0, 0.1) is 6.92 Å². The molecule has 1 aliphatic rings. The summed E-state index contributed by atoms with van der Waals surface area (Å²) >= 11 is 0. The Bertz CT molecular complexity index is 718. The predicted molar refractivity (Wildman–Crippen MR) is 98.3 cm³/mol. The summed E-state index contributed by atoms with van der Waals surface area (Å²) in [4.78, 5) is 14.4. The van der Waals surface area contributed by atoms with Crippen molar-refractivity contribution < 1.29 is 9.53 Å². The normalized spacial score (nSPS) is 15.0. The monoisotopic (exact) mass is 342 g/mol. The fraction of sp³-hybridized carbons (Fsp3) is 0.474. The van der Waals surface area contributed by atoms with Crippen molar-refractivity contribution in [1.82, 2.24) is 14.7 Å². The van der Waals surface area contributed by atoms with E-state index in [0.717, 1.165) is 49.5 Å². The Morgan fingerprint density at radius 1 is 1.32 bits per heavy atom.